The Morgan fingerprint density at radius 3 is 2.68 bits per heavy atom. The van der Waals surface area contributed by atoms with Gasteiger partial charge in [0, 0.05) is 29.4 Å². The average molecular weight is 394 g/mol. The van der Waals surface area contributed by atoms with Crippen LogP contribution < -0.4 is 0 Å². The normalized spacial score (nSPS) is 11.0. The number of carbonyl (C=O) groups excluding carboxylic acids is 1. The van der Waals surface area contributed by atoms with Crippen LogP contribution in [-0.2, 0) is 11.2 Å². The molecule has 0 atom stereocenters. The van der Waals surface area contributed by atoms with Crippen molar-refractivity contribution in [2.24, 2.45) is 0 Å². The molecule has 1 aromatic carbocycles. The quantitative estimate of drug-likeness (QED) is 0.466. The summed E-state index contributed by atoms with van der Waals surface area (Å²) in [5.41, 5.74) is 3.52. The van der Waals surface area contributed by atoms with Gasteiger partial charge in [0.15, 0.2) is 0 Å². The Balaban J connectivity index is 1.90. The third kappa shape index (κ3) is 3.46. The highest BCUT2D eigenvalue weighted by Crippen LogP contribution is 2.38. The largest absolute Gasteiger partial charge is 0.442 e. The van der Waals surface area contributed by atoms with Crippen LogP contribution in [0.2, 0.25) is 5.02 Å². The highest BCUT2D eigenvalue weighted by molar-refractivity contribution is 6.33. The van der Waals surface area contributed by atoms with E-state index >= 15 is 0 Å². The molecule has 3 heterocycles. The van der Waals surface area contributed by atoms with Crippen molar-refractivity contribution in [2.45, 2.75) is 20.3 Å². The molecule has 0 unspecified atom stereocenters. The van der Waals surface area contributed by atoms with Gasteiger partial charge in [-0.25, -0.2) is 9.97 Å². The lowest BCUT2D eigenvalue weighted by Crippen LogP contribution is -2.00. The van der Waals surface area contributed by atoms with Gasteiger partial charge in [-0.05, 0) is 31.5 Å². The number of aromatic nitrogens is 3. The Labute approximate surface area is 166 Å². The molecule has 0 saturated carbocycles. The Bertz CT molecular complexity index is 1150. The van der Waals surface area contributed by atoms with E-state index in [0.29, 0.717) is 39.5 Å². The van der Waals surface area contributed by atoms with Gasteiger partial charge in [-0.2, -0.15) is 0 Å². The number of rotatable bonds is 5. The molecule has 140 valence electrons. The number of nitrogens with zero attached hydrogens (tertiary/aromatic N) is 3. The van der Waals surface area contributed by atoms with Crippen molar-refractivity contribution in [2.75, 3.05) is 0 Å². The molecule has 4 rings (SSSR count). The van der Waals surface area contributed by atoms with Crippen molar-refractivity contribution in [3.05, 3.63) is 65.3 Å². The lowest BCUT2D eigenvalue weighted by atomic mass is 10.1. The summed E-state index contributed by atoms with van der Waals surface area (Å²) in [6.45, 7) is 3.44. The predicted molar refractivity (Wildman–Crippen MR) is 105 cm³/mol. The number of hydrogen-bond donors (Lipinski definition) is 0. The van der Waals surface area contributed by atoms with E-state index < -0.39 is 0 Å². The molecule has 0 radical (unpaired) electrons. The Hall–Kier alpha value is -3.25. The highest BCUT2D eigenvalue weighted by Gasteiger charge is 2.23. The summed E-state index contributed by atoms with van der Waals surface area (Å²) in [6.07, 6.45) is 4.96. The van der Waals surface area contributed by atoms with Crippen molar-refractivity contribution in [1.29, 1.82) is 0 Å². The molecule has 0 N–H and O–H groups in total. The minimum atomic E-state index is 0.0342. The molecular weight excluding hydrogens is 378 g/mol. The van der Waals surface area contributed by atoms with Crippen molar-refractivity contribution < 1.29 is 13.6 Å². The Kier molecular flexibility index (Phi) is 4.79. The van der Waals surface area contributed by atoms with E-state index in [4.69, 9.17) is 20.4 Å². The summed E-state index contributed by atoms with van der Waals surface area (Å²) in [7, 11) is 0. The fourth-order valence-corrected chi connectivity index (χ4v) is 3.13. The topological polar surface area (TPSA) is 82.0 Å². The van der Waals surface area contributed by atoms with Crippen LogP contribution in [0.4, 0.5) is 0 Å². The number of Topliss-reactive ketones (excluding diaryl/α,β-unsaturated/α-hetero) is 1. The SMILES string of the molecule is CC(=O)Cc1cc(-c2nc(-c3ccccc3Cl)c(-c3ncco3)o2)c(C)cn1. The summed E-state index contributed by atoms with van der Waals surface area (Å²) in [6, 6.07) is 9.18. The van der Waals surface area contributed by atoms with Crippen molar-refractivity contribution in [3.8, 4) is 34.4 Å². The van der Waals surface area contributed by atoms with Gasteiger partial charge >= 0.3 is 0 Å². The average Bonchev–Trinajstić information content (AvgIpc) is 3.32. The number of halogens is 1. The second-order valence-corrected chi connectivity index (χ2v) is 6.79. The van der Waals surface area contributed by atoms with Crippen LogP contribution in [-0.4, -0.2) is 20.7 Å². The summed E-state index contributed by atoms with van der Waals surface area (Å²) in [5, 5.41) is 0.541. The molecule has 0 aliphatic carbocycles. The van der Waals surface area contributed by atoms with E-state index in [1.165, 1.54) is 19.4 Å². The van der Waals surface area contributed by atoms with Gasteiger partial charge in [-0.3, -0.25) is 9.78 Å². The number of benzene rings is 1. The van der Waals surface area contributed by atoms with Gasteiger partial charge in [0.2, 0.25) is 11.7 Å². The molecular formula is C21H16ClN3O3. The van der Waals surface area contributed by atoms with Gasteiger partial charge < -0.3 is 8.83 Å². The number of ketones is 1. The number of carbonyl (C=O) groups is 1. The Morgan fingerprint density at radius 1 is 1.14 bits per heavy atom. The Morgan fingerprint density at radius 2 is 1.96 bits per heavy atom. The number of pyridine rings is 1. The van der Waals surface area contributed by atoms with Crippen LogP contribution in [0, 0.1) is 6.92 Å². The molecule has 0 aliphatic rings. The molecule has 3 aromatic heterocycles. The summed E-state index contributed by atoms with van der Waals surface area (Å²) >= 11 is 6.38. The van der Waals surface area contributed by atoms with Gasteiger partial charge in [0.1, 0.15) is 17.7 Å². The fraction of sp³-hybridized carbons (Fsp3) is 0.143. The lowest BCUT2D eigenvalue weighted by molar-refractivity contribution is -0.116. The molecule has 0 aliphatic heterocycles. The van der Waals surface area contributed by atoms with E-state index in [0.717, 1.165) is 11.1 Å². The highest BCUT2D eigenvalue weighted by atomic mass is 35.5. The van der Waals surface area contributed by atoms with Crippen LogP contribution in [0.25, 0.3) is 34.4 Å². The minimum Gasteiger partial charge on any atom is -0.442 e. The maximum absolute atomic E-state index is 11.5. The first-order valence-corrected chi connectivity index (χ1v) is 9.01. The predicted octanol–water partition coefficient (Wildman–Crippen LogP) is 5.15. The number of hydrogen-bond acceptors (Lipinski definition) is 6. The zero-order valence-corrected chi connectivity index (χ0v) is 16.0. The zero-order valence-electron chi connectivity index (χ0n) is 15.3. The zero-order chi connectivity index (χ0) is 19.7. The second-order valence-electron chi connectivity index (χ2n) is 6.38. The first-order chi connectivity index (χ1) is 13.5. The third-order valence-corrected chi connectivity index (χ3v) is 4.53. The molecule has 28 heavy (non-hydrogen) atoms. The van der Waals surface area contributed by atoms with E-state index in [1.807, 2.05) is 31.2 Å². The molecule has 4 aromatic rings. The van der Waals surface area contributed by atoms with Crippen LogP contribution >= 0.6 is 11.6 Å². The second kappa shape index (κ2) is 7.40. The van der Waals surface area contributed by atoms with Gasteiger partial charge in [0.05, 0.1) is 11.2 Å². The van der Waals surface area contributed by atoms with Gasteiger partial charge in [-0.15, -0.1) is 0 Å². The molecule has 0 fully saturated rings. The summed E-state index contributed by atoms with van der Waals surface area (Å²) in [4.78, 5) is 24.7. The lowest BCUT2D eigenvalue weighted by Gasteiger charge is -2.04. The minimum absolute atomic E-state index is 0.0342. The van der Waals surface area contributed by atoms with Crippen molar-refractivity contribution in [1.82, 2.24) is 15.0 Å². The monoisotopic (exact) mass is 393 g/mol. The first-order valence-electron chi connectivity index (χ1n) is 8.64. The molecule has 0 spiro atoms. The van der Waals surface area contributed by atoms with E-state index in [9.17, 15) is 4.79 Å². The van der Waals surface area contributed by atoms with Crippen LogP contribution in [0.15, 0.2) is 57.8 Å². The maximum Gasteiger partial charge on any atom is 0.265 e. The molecule has 6 nitrogen and oxygen atoms in total. The molecule has 0 bridgehead atoms. The van der Waals surface area contributed by atoms with Crippen molar-refractivity contribution >= 4 is 17.4 Å². The van der Waals surface area contributed by atoms with Gasteiger partial charge in [-0.1, -0.05) is 29.8 Å². The van der Waals surface area contributed by atoms with Crippen LogP contribution in [0.1, 0.15) is 18.2 Å². The van der Waals surface area contributed by atoms with E-state index in [2.05, 4.69) is 15.0 Å². The van der Waals surface area contributed by atoms with Crippen LogP contribution in [0.3, 0.4) is 0 Å². The van der Waals surface area contributed by atoms with E-state index in [-0.39, 0.29) is 12.2 Å². The number of aryl methyl sites for hydroxylation is 1. The summed E-state index contributed by atoms with van der Waals surface area (Å²) < 4.78 is 11.5. The van der Waals surface area contributed by atoms with Gasteiger partial charge in [0.25, 0.3) is 5.89 Å². The van der Waals surface area contributed by atoms with Crippen LogP contribution in [0.5, 0.6) is 0 Å². The fourth-order valence-electron chi connectivity index (χ4n) is 2.90. The smallest absolute Gasteiger partial charge is 0.265 e. The maximum atomic E-state index is 11.5. The first kappa shape index (κ1) is 18.1. The van der Waals surface area contributed by atoms with Crippen molar-refractivity contribution in [3.63, 3.8) is 0 Å². The molecule has 0 saturated heterocycles. The summed E-state index contributed by atoms with van der Waals surface area (Å²) in [5.74, 6) is 1.11. The standard InChI is InChI=1S/C21H16ClN3O3/c1-12-11-24-14(9-13(2)26)10-16(12)20-25-18(15-5-3-4-6-17(15)22)19(28-20)21-23-7-8-27-21/h3-8,10-11H,9H2,1-2H3. The molecule has 7 heteroatoms. The number of oxazole rings is 2. The third-order valence-electron chi connectivity index (χ3n) is 4.20. The van der Waals surface area contributed by atoms with E-state index in [1.54, 1.807) is 12.3 Å². The molecule has 0 amide bonds.